The molecule has 0 bridgehead atoms. The smallest absolute Gasteiger partial charge is 0.228 e. The molecule has 3 aromatic heterocycles. The number of methoxy groups -OCH3 is 1. The van der Waals surface area contributed by atoms with Gasteiger partial charge in [0.1, 0.15) is 17.2 Å². The Bertz CT molecular complexity index is 1320. The minimum atomic E-state index is -0.00204. The van der Waals surface area contributed by atoms with E-state index in [2.05, 4.69) is 35.9 Å². The third kappa shape index (κ3) is 3.53. The van der Waals surface area contributed by atoms with Crippen LogP contribution in [0.15, 0.2) is 24.3 Å². The van der Waals surface area contributed by atoms with E-state index in [0.29, 0.717) is 28.4 Å². The highest BCUT2D eigenvalue weighted by atomic mass is 16.5. The van der Waals surface area contributed by atoms with Gasteiger partial charge >= 0.3 is 0 Å². The maximum Gasteiger partial charge on any atom is 0.228 e. The van der Waals surface area contributed by atoms with Crippen LogP contribution in [-0.4, -0.2) is 43.0 Å². The number of carbonyl (C=O) groups is 1. The van der Waals surface area contributed by atoms with Crippen LogP contribution in [0.25, 0.3) is 22.4 Å². The maximum atomic E-state index is 12.3. The van der Waals surface area contributed by atoms with Crippen LogP contribution >= 0.6 is 0 Å². The number of H-pyrrole nitrogens is 1. The molecule has 0 saturated heterocycles. The molecule has 3 heterocycles. The average Bonchev–Trinajstić information content (AvgIpc) is 3.47. The zero-order chi connectivity index (χ0) is 22.4. The third-order valence-electron chi connectivity index (χ3n) is 5.51. The van der Waals surface area contributed by atoms with Gasteiger partial charge < -0.3 is 20.4 Å². The first-order valence-corrected chi connectivity index (χ1v) is 10.4. The van der Waals surface area contributed by atoms with Crippen molar-refractivity contribution in [3.8, 4) is 17.0 Å². The molecule has 1 amide bonds. The zero-order valence-electron chi connectivity index (χ0n) is 18.4. The fourth-order valence-corrected chi connectivity index (χ4v) is 3.86. The first kappa shape index (κ1) is 20.0. The van der Waals surface area contributed by atoms with Gasteiger partial charge in [0.2, 0.25) is 5.91 Å². The summed E-state index contributed by atoms with van der Waals surface area (Å²) in [4.78, 5) is 24.6. The number of anilines is 3. The number of rotatable bonds is 6. The summed E-state index contributed by atoms with van der Waals surface area (Å²) in [7, 11) is 3.48. The Morgan fingerprint density at radius 1 is 1.22 bits per heavy atom. The number of imidazole rings is 1. The van der Waals surface area contributed by atoms with E-state index >= 15 is 0 Å². The van der Waals surface area contributed by atoms with E-state index in [0.717, 1.165) is 41.3 Å². The van der Waals surface area contributed by atoms with Gasteiger partial charge in [0.15, 0.2) is 11.4 Å². The molecule has 1 aliphatic rings. The fourth-order valence-electron chi connectivity index (χ4n) is 3.86. The van der Waals surface area contributed by atoms with Gasteiger partial charge in [0, 0.05) is 24.6 Å². The van der Waals surface area contributed by atoms with Crippen molar-refractivity contribution < 1.29 is 9.53 Å². The fraction of sp³-hybridized carbons (Fsp3) is 0.318. The lowest BCUT2D eigenvalue weighted by atomic mass is 10.1. The topological polar surface area (TPSA) is 123 Å². The number of fused-ring (bicyclic) bond motifs is 1. The molecule has 0 radical (unpaired) electrons. The number of aromatic amines is 1. The predicted octanol–water partition coefficient (Wildman–Crippen LogP) is 3.47. The molecule has 0 spiro atoms. The Balaban J connectivity index is 1.58. The molecule has 1 aliphatic carbocycles. The molecule has 0 unspecified atom stereocenters. The van der Waals surface area contributed by atoms with E-state index in [9.17, 15) is 4.79 Å². The largest absolute Gasteiger partial charge is 0.494 e. The molecular formula is C22H24N8O2. The van der Waals surface area contributed by atoms with Crippen molar-refractivity contribution in [1.29, 1.82) is 0 Å². The summed E-state index contributed by atoms with van der Waals surface area (Å²) < 4.78 is 7.52. The highest BCUT2D eigenvalue weighted by molar-refractivity contribution is 5.97. The molecule has 3 N–H and O–H groups in total. The van der Waals surface area contributed by atoms with E-state index in [1.165, 1.54) is 0 Å². The van der Waals surface area contributed by atoms with E-state index in [1.54, 1.807) is 17.9 Å². The minimum Gasteiger partial charge on any atom is -0.494 e. The lowest BCUT2D eigenvalue weighted by molar-refractivity contribution is -0.117. The second kappa shape index (κ2) is 7.63. The molecule has 0 atom stereocenters. The van der Waals surface area contributed by atoms with Crippen molar-refractivity contribution in [3.63, 3.8) is 0 Å². The molecule has 0 aliphatic heterocycles. The number of nitrogens with zero attached hydrogens (tertiary/aromatic N) is 5. The average molecular weight is 432 g/mol. The van der Waals surface area contributed by atoms with Crippen molar-refractivity contribution >= 4 is 34.3 Å². The molecule has 10 nitrogen and oxygen atoms in total. The van der Waals surface area contributed by atoms with Gasteiger partial charge in [0.25, 0.3) is 0 Å². The van der Waals surface area contributed by atoms with Gasteiger partial charge in [-0.15, -0.1) is 5.10 Å². The molecular weight excluding hydrogens is 408 g/mol. The quantitative estimate of drug-likeness (QED) is 0.426. The van der Waals surface area contributed by atoms with Gasteiger partial charge in [-0.2, -0.15) is 0 Å². The SMILES string of the molecule is COc1c(Nc2cc(NC(=O)C3CC3)nc3[nH]c(C)nc23)cccc1-c1c(C)nnn1C. The van der Waals surface area contributed by atoms with Crippen LogP contribution in [0.5, 0.6) is 5.75 Å². The van der Waals surface area contributed by atoms with E-state index in [1.807, 2.05) is 39.1 Å². The van der Waals surface area contributed by atoms with Crippen LogP contribution < -0.4 is 15.4 Å². The first-order valence-electron chi connectivity index (χ1n) is 10.4. The van der Waals surface area contributed by atoms with Crippen LogP contribution in [0.4, 0.5) is 17.2 Å². The summed E-state index contributed by atoms with van der Waals surface area (Å²) in [6, 6.07) is 7.63. The summed E-state index contributed by atoms with van der Waals surface area (Å²) in [5, 5.41) is 14.6. The zero-order valence-corrected chi connectivity index (χ0v) is 18.4. The summed E-state index contributed by atoms with van der Waals surface area (Å²) in [5.41, 5.74) is 5.28. The van der Waals surface area contributed by atoms with Crippen molar-refractivity contribution in [1.82, 2.24) is 29.9 Å². The summed E-state index contributed by atoms with van der Waals surface area (Å²) in [5.74, 6) is 1.94. The highest BCUT2D eigenvalue weighted by Crippen LogP contribution is 2.39. The van der Waals surface area contributed by atoms with E-state index < -0.39 is 0 Å². The molecule has 10 heteroatoms. The second-order valence-corrected chi connectivity index (χ2v) is 8.00. The van der Waals surface area contributed by atoms with E-state index in [4.69, 9.17) is 4.74 Å². The number of nitrogens with one attached hydrogen (secondary N) is 3. The Morgan fingerprint density at radius 3 is 2.72 bits per heavy atom. The number of hydrogen-bond donors (Lipinski definition) is 3. The van der Waals surface area contributed by atoms with Crippen LogP contribution in [0.2, 0.25) is 0 Å². The molecule has 5 rings (SSSR count). The molecule has 1 fully saturated rings. The van der Waals surface area contributed by atoms with Crippen molar-refractivity contribution in [2.24, 2.45) is 13.0 Å². The Labute approximate surface area is 184 Å². The number of benzene rings is 1. The van der Waals surface area contributed by atoms with Gasteiger partial charge in [0.05, 0.1) is 29.9 Å². The normalized spacial score (nSPS) is 13.4. The number of amides is 1. The number of carbonyl (C=O) groups excluding carboxylic acids is 1. The third-order valence-corrected chi connectivity index (χ3v) is 5.51. The number of hydrogen-bond acceptors (Lipinski definition) is 7. The number of para-hydroxylation sites is 1. The standard InChI is InChI=1S/C22H24N8O2/c1-11-19(30(3)29-28-11)14-6-5-7-15(20(14)32-4)25-16-10-17(27-22(31)13-8-9-13)26-21-18(16)23-12(2)24-21/h5-7,10,13H,8-9H2,1-4H3,(H3,23,24,25,26,27,31). The van der Waals surface area contributed by atoms with Crippen LogP contribution in [0.1, 0.15) is 24.4 Å². The van der Waals surface area contributed by atoms with Crippen LogP contribution in [0.3, 0.4) is 0 Å². The van der Waals surface area contributed by atoms with Gasteiger partial charge in [-0.3, -0.25) is 4.79 Å². The highest BCUT2D eigenvalue weighted by Gasteiger charge is 2.30. The van der Waals surface area contributed by atoms with Crippen LogP contribution in [0, 0.1) is 19.8 Å². The Morgan fingerprint density at radius 2 is 2.03 bits per heavy atom. The number of pyridine rings is 1. The number of aryl methyl sites for hydroxylation is 3. The summed E-state index contributed by atoms with van der Waals surface area (Å²) in [6.07, 6.45) is 1.85. The van der Waals surface area contributed by atoms with Gasteiger partial charge in [-0.1, -0.05) is 11.3 Å². The first-order chi connectivity index (χ1) is 15.4. The lowest BCUT2D eigenvalue weighted by Crippen LogP contribution is -2.14. The Kier molecular flexibility index (Phi) is 4.76. The minimum absolute atomic E-state index is 0.00204. The predicted molar refractivity (Wildman–Crippen MR) is 121 cm³/mol. The lowest BCUT2D eigenvalue weighted by Gasteiger charge is -2.16. The second-order valence-electron chi connectivity index (χ2n) is 8.00. The number of aromatic nitrogens is 6. The number of ether oxygens (including phenoxy) is 1. The van der Waals surface area contributed by atoms with Crippen molar-refractivity contribution in [2.75, 3.05) is 17.7 Å². The van der Waals surface area contributed by atoms with Crippen LogP contribution in [-0.2, 0) is 11.8 Å². The summed E-state index contributed by atoms with van der Waals surface area (Å²) >= 11 is 0. The molecule has 1 saturated carbocycles. The summed E-state index contributed by atoms with van der Waals surface area (Å²) in [6.45, 7) is 3.78. The van der Waals surface area contributed by atoms with Crippen molar-refractivity contribution in [3.05, 3.63) is 35.8 Å². The van der Waals surface area contributed by atoms with E-state index in [-0.39, 0.29) is 11.8 Å². The maximum absolute atomic E-state index is 12.3. The molecule has 4 aromatic rings. The Hall–Kier alpha value is -3.95. The van der Waals surface area contributed by atoms with Gasteiger partial charge in [-0.25, -0.2) is 14.6 Å². The molecule has 32 heavy (non-hydrogen) atoms. The molecule has 1 aromatic carbocycles. The van der Waals surface area contributed by atoms with Gasteiger partial charge in [-0.05, 0) is 38.8 Å². The van der Waals surface area contributed by atoms with Crippen molar-refractivity contribution in [2.45, 2.75) is 26.7 Å². The molecule has 164 valence electrons. The monoisotopic (exact) mass is 432 g/mol.